The normalized spacial score (nSPS) is 21.6. The Bertz CT molecular complexity index is 2150. The summed E-state index contributed by atoms with van der Waals surface area (Å²) in [4.78, 5) is 69.1. The Labute approximate surface area is 341 Å². The first-order valence-electron chi connectivity index (χ1n) is 20.1. The lowest BCUT2D eigenvalue weighted by Crippen LogP contribution is -2.55. The first-order chi connectivity index (χ1) is 28.0. The summed E-state index contributed by atoms with van der Waals surface area (Å²) in [7, 11) is 0. The van der Waals surface area contributed by atoms with Crippen molar-refractivity contribution in [2.24, 2.45) is 5.92 Å². The molecule has 13 nitrogen and oxygen atoms in total. The average Bonchev–Trinajstić information content (AvgIpc) is 3.67. The molecule has 0 spiro atoms. The van der Waals surface area contributed by atoms with Crippen molar-refractivity contribution in [3.63, 3.8) is 0 Å². The summed E-state index contributed by atoms with van der Waals surface area (Å²) in [5, 5.41) is 26.7. The van der Waals surface area contributed by atoms with E-state index in [1.807, 2.05) is 21.8 Å². The van der Waals surface area contributed by atoms with E-state index in [0.717, 1.165) is 12.1 Å². The Morgan fingerprint density at radius 3 is 2.64 bits per heavy atom. The summed E-state index contributed by atoms with van der Waals surface area (Å²) in [5.74, 6) is -1.58. The molecule has 308 valence electrons. The van der Waals surface area contributed by atoms with Gasteiger partial charge in [0, 0.05) is 68.1 Å². The van der Waals surface area contributed by atoms with Crippen molar-refractivity contribution in [3.8, 4) is 23.0 Å². The summed E-state index contributed by atoms with van der Waals surface area (Å²) in [6, 6.07) is 10.9. The number of pyridine rings is 1. The minimum absolute atomic E-state index is 0.00355. The predicted octanol–water partition coefficient (Wildman–Crippen LogP) is 5.88. The van der Waals surface area contributed by atoms with Crippen LogP contribution >= 0.6 is 11.8 Å². The number of allylic oxidation sites excluding steroid dienone is 1. The number of rotatable bonds is 9. The second kappa shape index (κ2) is 18.1. The summed E-state index contributed by atoms with van der Waals surface area (Å²) < 4.78 is 18.8. The molecule has 58 heavy (non-hydrogen) atoms. The number of phenolic OH excluding ortho intramolecular Hbond substituents is 2. The molecule has 14 heteroatoms. The van der Waals surface area contributed by atoms with E-state index in [1.165, 1.54) is 6.07 Å². The van der Waals surface area contributed by atoms with Crippen LogP contribution in [-0.4, -0.2) is 87.3 Å². The Hall–Kier alpha value is -5.24. The number of ketones is 1. The number of carbonyl (C=O) groups is 4. The Kier molecular flexibility index (Phi) is 12.8. The Morgan fingerprint density at radius 1 is 1.00 bits per heavy atom. The van der Waals surface area contributed by atoms with Crippen LogP contribution in [0, 0.1) is 5.92 Å². The number of cyclic esters (lactones) is 1. The number of Topliss-reactive ketones (excluding diaryl/α,β-unsaturated/α-hetero) is 1. The largest absolute Gasteiger partial charge is 0.507 e. The van der Waals surface area contributed by atoms with E-state index in [0.29, 0.717) is 87.4 Å². The summed E-state index contributed by atoms with van der Waals surface area (Å²) in [6.07, 6.45) is 8.74. The second-order valence-electron chi connectivity index (χ2n) is 15.8. The number of nitrogens with one attached hydrogen (secondary N) is 1. The molecule has 7 rings (SSSR count). The molecular weight excluding hydrogens is 763 g/mol. The first kappa shape index (κ1) is 40.9. The topological polar surface area (TPSA) is 174 Å². The van der Waals surface area contributed by atoms with Gasteiger partial charge in [-0.15, -0.1) is 0 Å². The lowest BCUT2D eigenvalue weighted by molar-refractivity contribution is -0.139. The molecule has 2 aromatic carbocycles. The fraction of sp³-hybridized carbons (Fsp3) is 0.477. The summed E-state index contributed by atoms with van der Waals surface area (Å²) in [5.41, 5.74) is 1.40. The van der Waals surface area contributed by atoms with Crippen molar-refractivity contribution in [1.82, 2.24) is 14.8 Å². The van der Waals surface area contributed by atoms with E-state index in [1.54, 1.807) is 61.2 Å². The number of nitrogens with zero attached hydrogens (tertiary/aromatic N) is 2. The molecule has 3 unspecified atom stereocenters. The van der Waals surface area contributed by atoms with Crippen LogP contribution in [-0.2, 0) is 25.7 Å². The number of fused-ring (bicyclic) bond motifs is 6. The number of hydrogen-bond donors (Lipinski definition) is 3. The van der Waals surface area contributed by atoms with Gasteiger partial charge >= 0.3 is 5.97 Å². The highest BCUT2D eigenvalue weighted by Gasteiger charge is 2.39. The SMILES string of the molecule is CSCC[C@H](NC(=O)CC(c1ccc2c(c1)OCO2)c1c(O)cc2c(c1O)C(=O)O[C@@H](C)CCCC(=O)CCCC=C2)C(=O)N1CC2CC(C1)c1cccc(=O)n1C2. The van der Waals surface area contributed by atoms with Crippen molar-refractivity contribution in [3.05, 3.63) is 86.8 Å². The smallest absolute Gasteiger partial charge is 0.342 e. The molecule has 3 aromatic rings. The highest BCUT2D eigenvalue weighted by atomic mass is 32.2. The van der Waals surface area contributed by atoms with Crippen LogP contribution in [0.15, 0.2) is 53.3 Å². The predicted molar refractivity (Wildman–Crippen MR) is 218 cm³/mol. The van der Waals surface area contributed by atoms with Gasteiger partial charge in [-0.05, 0) is 98.8 Å². The molecule has 4 aliphatic heterocycles. The number of piperidine rings is 1. The van der Waals surface area contributed by atoms with Gasteiger partial charge in [-0.25, -0.2) is 4.79 Å². The molecule has 1 fully saturated rings. The molecule has 3 N–H and O–H groups in total. The minimum Gasteiger partial charge on any atom is -0.507 e. The number of hydrogen-bond acceptors (Lipinski definition) is 11. The van der Waals surface area contributed by atoms with E-state index in [-0.39, 0.29) is 64.7 Å². The average molecular weight is 814 g/mol. The molecule has 2 amide bonds. The molecule has 2 bridgehead atoms. The van der Waals surface area contributed by atoms with Gasteiger partial charge in [0.1, 0.15) is 28.9 Å². The number of carbonyl (C=O) groups excluding carboxylic acids is 4. The summed E-state index contributed by atoms with van der Waals surface area (Å²) in [6.45, 7) is 3.17. The van der Waals surface area contributed by atoms with Crippen LogP contribution in [0.1, 0.15) is 109 Å². The molecule has 0 radical (unpaired) electrons. The molecule has 5 atom stereocenters. The number of esters is 1. The van der Waals surface area contributed by atoms with Crippen molar-refractivity contribution in [2.45, 2.75) is 95.2 Å². The van der Waals surface area contributed by atoms with Crippen LogP contribution in [0.25, 0.3) is 6.08 Å². The van der Waals surface area contributed by atoms with E-state index in [2.05, 4.69) is 5.32 Å². The number of thioether (sulfide) groups is 1. The van der Waals surface area contributed by atoms with Gasteiger partial charge in [0.15, 0.2) is 11.5 Å². The van der Waals surface area contributed by atoms with Gasteiger partial charge in [-0.3, -0.25) is 19.2 Å². The zero-order valence-electron chi connectivity index (χ0n) is 32.9. The maximum Gasteiger partial charge on any atom is 0.342 e. The Morgan fingerprint density at radius 2 is 1.81 bits per heavy atom. The fourth-order valence-electron chi connectivity index (χ4n) is 8.76. The summed E-state index contributed by atoms with van der Waals surface area (Å²) >= 11 is 1.56. The van der Waals surface area contributed by atoms with Crippen LogP contribution < -0.4 is 20.3 Å². The minimum atomic E-state index is -1.01. The fourth-order valence-corrected chi connectivity index (χ4v) is 9.24. The van der Waals surface area contributed by atoms with E-state index >= 15 is 0 Å². The molecule has 0 saturated carbocycles. The van der Waals surface area contributed by atoms with Gasteiger partial charge < -0.3 is 39.2 Å². The van der Waals surface area contributed by atoms with Gasteiger partial charge in [0.2, 0.25) is 18.6 Å². The van der Waals surface area contributed by atoms with Gasteiger partial charge in [0.25, 0.3) is 5.56 Å². The highest BCUT2D eigenvalue weighted by Crippen LogP contribution is 2.46. The van der Waals surface area contributed by atoms with Crippen LogP contribution in [0.3, 0.4) is 0 Å². The van der Waals surface area contributed by atoms with E-state index in [4.69, 9.17) is 14.2 Å². The van der Waals surface area contributed by atoms with E-state index < -0.39 is 35.7 Å². The van der Waals surface area contributed by atoms with Crippen molar-refractivity contribution in [2.75, 3.05) is 31.9 Å². The number of phenols is 2. The molecule has 0 aliphatic carbocycles. The van der Waals surface area contributed by atoms with Gasteiger partial charge in [-0.1, -0.05) is 24.3 Å². The highest BCUT2D eigenvalue weighted by molar-refractivity contribution is 7.98. The maximum atomic E-state index is 14.3. The second-order valence-corrected chi connectivity index (χ2v) is 16.8. The lowest BCUT2D eigenvalue weighted by atomic mass is 9.83. The molecule has 5 heterocycles. The monoisotopic (exact) mass is 813 g/mol. The zero-order valence-corrected chi connectivity index (χ0v) is 33.8. The van der Waals surface area contributed by atoms with Crippen LogP contribution in [0.5, 0.6) is 23.0 Å². The standard InChI is InChI=1S/C44H51N3O10S/c1-26-8-6-11-31(48)10-5-3-4-9-29-19-35(49)41(42(52)40(29)44(54)57-26)32(28-14-15-36-37(20-28)56-25-55-36)21-38(50)45-33(16-17-58-2)43(53)46-22-27-18-30(24-46)34-12-7-13-39(51)47(34)23-27/h4,7,9,12-15,19-20,26-27,30,32-33,49,52H,3,5-6,8,10-11,16-18,21-25H2,1-2H3,(H,45,50)/t26-,27?,30?,32?,33-/m0/s1. The van der Waals surface area contributed by atoms with Gasteiger partial charge in [-0.2, -0.15) is 11.8 Å². The number of amides is 2. The Balaban J connectivity index is 1.20. The third-order valence-corrected chi connectivity index (χ3v) is 12.3. The third-order valence-electron chi connectivity index (χ3n) is 11.6. The number of aromatic hydroxyl groups is 2. The van der Waals surface area contributed by atoms with Gasteiger partial charge in [0.05, 0.1) is 6.10 Å². The van der Waals surface area contributed by atoms with Crippen LogP contribution in [0.4, 0.5) is 0 Å². The number of ether oxygens (including phenoxy) is 3. The van der Waals surface area contributed by atoms with Crippen molar-refractivity contribution < 1.29 is 43.6 Å². The quantitative estimate of drug-likeness (QED) is 0.221. The zero-order chi connectivity index (χ0) is 40.9. The molecular formula is C44H51N3O10S. The number of aromatic nitrogens is 1. The third kappa shape index (κ3) is 9.06. The maximum absolute atomic E-state index is 14.3. The molecule has 4 aliphatic rings. The lowest BCUT2D eigenvalue weighted by Gasteiger charge is -2.43. The number of benzene rings is 2. The van der Waals surface area contributed by atoms with Crippen LogP contribution in [0.2, 0.25) is 0 Å². The van der Waals surface area contributed by atoms with E-state index in [9.17, 15) is 34.2 Å². The van der Waals surface area contributed by atoms with Crippen molar-refractivity contribution in [1.29, 1.82) is 0 Å². The molecule has 1 aromatic heterocycles. The first-order valence-corrected chi connectivity index (χ1v) is 21.5. The van der Waals surface area contributed by atoms with Crippen molar-refractivity contribution >= 4 is 41.4 Å². The molecule has 1 saturated heterocycles. The number of likely N-dealkylation sites (tertiary alicyclic amines) is 1.